The van der Waals surface area contributed by atoms with Crippen molar-refractivity contribution in [2.24, 2.45) is 7.05 Å². The lowest BCUT2D eigenvalue weighted by atomic mass is 10.1. The molecule has 2 rings (SSSR count). The molecule has 1 aromatic carbocycles. The van der Waals surface area contributed by atoms with Gasteiger partial charge in [-0.3, -0.25) is 9.59 Å². The molecule has 0 saturated heterocycles. The Morgan fingerprint density at radius 1 is 1.14 bits per heavy atom. The third-order valence-electron chi connectivity index (χ3n) is 3.33. The summed E-state index contributed by atoms with van der Waals surface area (Å²) >= 11 is 0. The van der Waals surface area contributed by atoms with Crippen LogP contribution in [0.1, 0.15) is 5.56 Å². The normalized spacial score (nSPS) is 10.5. The number of carbonyl (C=O) groups is 1. The standard InChI is InChI=1S/C15H17NO5/c1-16-8-9(5-14(17)21-4)15(18)10-6-12(19-2)13(20-3)7-11(10)16/h6-8H,5H2,1-4H3. The summed E-state index contributed by atoms with van der Waals surface area (Å²) in [6, 6.07) is 3.36. The summed E-state index contributed by atoms with van der Waals surface area (Å²) in [5, 5.41) is 0.469. The van der Waals surface area contributed by atoms with Crippen LogP contribution in [0.15, 0.2) is 23.1 Å². The first-order valence-electron chi connectivity index (χ1n) is 6.32. The van der Waals surface area contributed by atoms with Crippen LogP contribution in [-0.2, 0) is 23.0 Å². The number of aryl methyl sites for hydroxylation is 1. The van der Waals surface area contributed by atoms with Gasteiger partial charge in [0.25, 0.3) is 0 Å². The number of benzene rings is 1. The van der Waals surface area contributed by atoms with Gasteiger partial charge in [-0.2, -0.15) is 0 Å². The van der Waals surface area contributed by atoms with Crippen molar-refractivity contribution in [3.8, 4) is 11.5 Å². The summed E-state index contributed by atoms with van der Waals surface area (Å²) in [5.41, 5.74) is 0.866. The first kappa shape index (κ1) is 14.9. The molecule has 0 aliphatic heterocycles. The first-order chi connectivity index (χ1) is 10.0. The third kappa shape index (κ3) is 2.69. The minimum absolute atomic E-state index is 0.0620. The lowest BCUT2D eigenvalue weighted by Gasteiger charge is -2.13. The molecule has 1 aromatic heterocycles. The number of hydrogen-bond acceptors (Lipinski definition) is 5. The van der Waals surface area contributed by atoms with E-state index in [1.165, 1.54) is 21.3 Å². The van der Waals surface area contributed by atoms with E-state index in [2.05, 4.69) is 4.74 Å². The minimum atomic E-state index is -0.452. The van der Waals surface area contributed by atoms with E-state index < -0.39 is 5.97 Å². The van der Waals surface area contributed by atoms with Gasteiger partial charge in [0, 0.05) is 30.3 Å². The number of carbonyl (C=O) groups excluding carboxylic acids is 1. The average molecular weight is 291 g/mol. The molecule has 21 heavy (non-hydrogen) atoms. The summed E-state index contributed by atoms with van der Waals surface area (Å²) in [6.07, 6.45) is 1.57. The van der Waals surface area contributed by atoms with Crippen molar-refractivity contribution in [1.82, 2.24) is 4.57 Å². The molecule has 0 unspecified atom stereocenters. The van der Waals surface area contributed by atoms with Crippen molar-refractivity contribution in [2.45, 2.75) is 6.42 Å². The fourth-order valence-electron chi connectivity index (χ4n) is 2.23. The van der Waals surface area contributed by atoms with Crippen LogP contribution in [-0.4, -0.2) is 31.9 Å². The van der Waals surface area contributed by atoms with Crippen LogP contribution in [0.3, 0.4) is 0 Å². The van der Waals surface area contributed by atoms with E-state index in [9.17, 15) is 9.59 Å². The largest absolute Gasteiger partial charge is 0.493 e. The van der Waals surface area contributed by atoms with E-state index in [4.69, 9.17) is 9.47 Å². The summed E-state index contributed by atoms with van der Waals surface area (Å²) in [5.74, 6) is 0.560. The Morgan fingerprint density at radius 3 is 2.33 bits per heavy atom. The Kier molecular flexibility index (Phi) is 4.16. The van der Waals surface area contributed by atoms with E-state index in [0.717, 1.165) is 0 Å². The van der Waals surface area contributed by atoms with Gasteiger partial charge in [0.15, 0.2) is 16.9 Å². The molecular weight excluding hydrogens is 274 g/mol. The Morgan fingerprint density at radius 2 is 1.76 bits per heavy atom. The van der Waals surface area contributed by atoms with Gasteiger partial charge in [-0.1, -0.05) is 0 Å². The Bertz CT molecular complexity index is 748. The van der Waals surface area contributed by atoms with Gasteiger partial charge in [-0.15, -0.1) is 0 Å². The molecular formula is C15H17NO5. The van der Waals surface area contributed by atoms with Gasteiger partial charge in [0.2, 0.25) is 0 Å². The number of fused-ring (bicyclic) bond motifs is 1. The molecule has 0 aliphatic rings. The van der Waals surface area contributed by atoms with E-state index in [0.29, 0.717) is 28.0 Å². The van der Waals surface area contributed by atoms with E-state index in [-0.39, 0.29) is 11.8 Å². The van der Waals surface area contributed by atoms with Gasteiger partial charge >= 0.3 is 5.97 Å². The monoisotopic (exact) mass is 291 g/mol. The van der Waals surface area contributed by atoms with Crippen LogP contribution in [0.4, 0.5) is 0 Å². The predicted octanol–water partition coefficient (Wildman–Crippen LogP) is 1.27. The highest BCUT2D eigenvalue weighted by atomic mass is 16.5. The van der Waals surface area contributed by atoms with Crippen LogP contribution in [0.5, 0.6) is 11.5 Å². The van der Waals surface area contributed by atoms with Crippen molar-refractivity contribution >= 4 is 16.9 Å². The molecule has 1 heterocycles. The summed E-state index contributed by atoms with van der Waals surface area (Å²) < 4.78 is 16.8. The van der Waals surface area contributed by atoms with E-state index >= 15 is 0 Å². The molecule has 0 fully saturated rings. The second-order valence-electron chi connectivity index (χ2n) is 4.57. The molecule has 112 valence electrons. The molecule has 0 aliphatic carbocycles. The van der Waals surface area contributed by atoms with Crippen LogP contribution in [0.25, 0.3) is 10.9 Å². The number of pyridine rings is 1. The average Bonchev–Trinajstić information content (AvgIpc) is 2.50. The molecule has 0 N–H and O–H groups in total. The lowest BCUT2D eigenvalue weighted by Crippen LogP contribution is -2.18. The minimum Gasteiger partial charge on any atom is -0.493 e. The second kappa shape index (κ2) is 5.87. The molecule has 0 bridgehead atoms. The zero-order valence-electron chi connectivity index (χ0n) is 12.4. The van der Waals surface area contributed by atoms with Gasteiger partial charge in [-0.05, 0) is 6.07 Å². The van der Waals surface area contributed by atoms with Gasteiger partial charge in [0.1, 0.15) is 0 Å². The van der Waals surface area contributed by atoms with E-state index in [1.54, 1.807) is 29.9 Å². The topological polar surface area (TPSA) is 66.8 Å². The fraction of sp³-hybridized carbons (Fsp3) is 0.333. The number of methoxy groups -OCH3 is 3. The number of ether oxygens (including phenoxy) is 3. The van der Waals surface area contributed by atoms with Crippen LogP contribution in [0.2, 0.25) is 0 Å². The Hall–Kier alpha value is -2.50. The highest BCUT2D eigenvalue weighted by Crippen LogP contribution is 2.30. The van der Waals surface area contributed by atoms with Crippen molar-refractivity contribution in [1.29, 1.82) is 0 Å². The maximum Gasteiger partial charge on any atom is 0.310 e. The zero-order chi connectivity index (χ0) is 15.6. The van der Waals surface area contributed by atoms with Crippen molar-refractivity contribution in [2.75, 3.05) is 21.3 Å². The van der Waals surface area contributed by atoms with Crippen molar-refractivity contribution in [3.05, 3.63) is 34.1 Å². The number of rotatable bonds is 4. The SMILES string of the molecule is COC(=O)Cc1cn(C)c2cc(OC)c(OC)cc2c1=O. The quantitative estimate of drug-likeness (QED) is 0.794. The predicted molar refractivity (Wildman–Crippen MR) is 78.0 cm³/mol. The number of aromatic nitrogens is 1. The molecule has 0 radical (unpaired) electrons. The van der Waals surface area contributed by atoms with Crippen molar-refractivity contribution < 1.29 is 19.0 Å². The van der Waals surface area contributed by atoms with Gasteiger partial charge in [-0.25, -0.2) is 0 Å². The molecule has 0 atom stereocenters. The Balaban J connectivity index is 2.71. The maximum atomic E-state index is 12.5. The van der Waals surface area contributed by atoms with E-state index in [1.807, 2.05) is 0 Å². The maximum absolute atomic E-state index is 12.5. The first-order valence-corrected chi connectivity index (χ1v) is 6.32. The fourth-order valence-corrected chi connectivity index (χ4v) is 2.23. The van der Waals surface area contributed by atoms with Crippen LogP contribution in [0, 0.1) is 0 Å². The van der Waals surface area contributed by atoms with Crippen LogP contribution < -0.4 is 14.9 Å². The smallest absolute Gasteiger partial charge is 0.310 e. The van der Waals surface area contributed by atoms with Gasteiger partial charge < -0.3 is 18.8 Å². The molecule has 6 heteroatoms. The molecule has 0 amide bonds. The molecule has 6 nitrogen and oxygen atoms in total. The lowest BCUT2D eigenvalue weighted by molar-refractivity contribution is -0.139. The van der Waals surface area contributed by atoms with Gasteiger partial charge in [0.05, 0.1) is 33.3 Å². The molecule has 2 aromatic rings. The number of nitrogens with zero attached hydrogens (tertiary/aromatic N) is 1. The number of esters is 1. The molecule has 0 spiro atoms. The highest BCUT2D eigenvalue weighted by molar-refractivity contribution is 5.84. The number of hydrogen-bond donors (Lipinski definition) is 0. The Labute approximate surface area is 121 Å². The molecule has 0 saturated carbocycles. The second-order valence-corrected chi connectivity index (χ2v) is 4.57. The third-order valence-corrected chi connectivity index (χ3v) is 3.33. The summed E-state index contributed by atoms with van der Waals surface area (Å²) in [4.78, 5) is 23.9. The zero-order valence-corrected chi connectivity index (χ0v) is 12.4. The summed E-state index contributed by atoms with van der Waals surface area (Å²) in [7, 11) is 6.14. The van der Waals surface area contributed by atoms with Crippen molar-refractivity contribution in [3.63, 3.8) is 0 Å². The van der Waals surface area contributed by atoms with Crippen LogP contribution >= 0.6 is 0 Å². The highest BCUT2D eigenvalue weighted by Gasteiger charge is 2.14. The summed E-state index contributed by atoms with van der Waals surface area (Å²) in [6.45, 7) is 0.